The van der Waals surface area contributed by atoms with Gasteiger partial charge < -0.3 is 19.5 Å². The number of aliphatic hydroxyl groups is 1. The molecule has 3 rings (SSSR count). The van der Waals surface area contributed by atoms with Crippen LogP contribution in [-0.4, -0.2) is 43.5 Å². The van der Waals surface area contributed by atoms with E-state index in [1.54, 1.807) is 0 Å². The van der Waals surface area contributed by atoms with E-state index in [1.165, 1.54) is 0 Å². The van der Waals surface area contributed by atoms with Gasteiger partial charge in [-0.1, -0.05) is 42.5 Å². The highest BCUT2D eigenvalue weighted by atomic mass is 16.5. The predicted octanol–water partition coefficient (Wildman–Crippen LogP) is 2.17. The molecule has 0 bridgehead atoms. The molecule has 2 aromatic carbocycles. The van der Waals surface area contributed by atoms with Crippen LogP contribution in [-0.2, 0) is 27.3 Å². The summed E-state index contributed by atoms with van der Waals surface area (Å²) in [6.07, 6.45) is -0.908. The molecule has 25 heavy (non-hydrogen) atoms. The topological polar surface area (TPSA) is 59.0 Å². The van der Waals surface area contributed by atoms with Gasteiger partial charge in [-0.15, -0.1) is 0 Å². The Labute approximate surface area is 147 Å². The van der Waals surface area contributed by atoms with Gasteiger partial charge in [-0.05, 0) is 23.3 Å². The molecule has 0 amide bonds. The van der Waals surface area contributed by atoms with Crippen molar-refractivity contribution in [3.05, 3.63) is 65.7 Å². The largest absolute Gasteiger partial charge is 0.459 e. The lowest BCUT2D eigenvalue weighted by Crippen LogP contribution is -2.36. The first-order valence-corrected chi connectivity index (χ1v) is 8.52. The monoisotopic (exact) mass is 341 g/mol. The second kappa shape index (κ2) is 8.65. The Morgan fingerprint density at radius 2 is 1.72 bits per heavy atom. The molecule has 1 aliphatic rings. The van der Waals surface area contributed by atoms with Crippen molar-refractivity contribution < 1.29 is 19.4 Å². The van der Waals surface area contributed by atoms with Gasteiger partial charge in [0, 0.05) is 25.2 Å². The fourth-order valence-corrected chi connectivity index (χ4v) is 2.80. The average Bonchev–Trinajstić information content (AvgIpc) is 2.68. The van der Waals surface area contributed by atoms with Gasteiger partial charge in [0.25, 0.3) is 0 Å². The molecule has 1 atom stereocenters. The fourth-order valence-electron chi connectivity index (χ4n) is 2.80. The highest BCUT2D eigenvalue weighted by Gasteiger charge is 2.18. The smallest absolute Gasteiger partial charge is 0.335 e. The molecule has 0 spiro atoms. The number of nitrogens with zero attached hydrogens (tertiary/aromatic N) is 1. The van der Waals surface area contributed by atoms with Gasteiger partial charge in [0.15, 0.2) is 6.10 Å². The molecule has 0 radical (unpaired) electrons. The molecule has 1 unspecified atom stereocenters. The van der Waals surface area contributed by atoms with Crippen molar-refractivity contribution in [3.8, 4) is 0 Å². The van der Waals surface area contributed by atoms with E-state index in [0.717, 1.165) is 43.1 Å². The zero-order chi connectivity index (χ0) is 17.5. The summed E-state index contributed by atoms with van der Waals surface area (Å²) in [5, 5.41) is 10.1. The number of carbonyl (C=O) groups is 1. The molecule has 1 saturated heterocycles. The van der Waals surface area contributed by atoms with Crippen LogP contribution in [0.1, 0.15) is 11.1 Å². The third-order valence-corrected chi connectivity index (χ3v) is 4.24. The lowest BCUT2D eigenvalue weighted by molar-refractivity contribution is -0.154. The summed E-state index contributed by atoms with van der Waals surface area (Å²) in [6.45, 7) is 3.43. The number of anilines is 1. The van der Waals surface area contributed by atoms with E-state index in [9.17, 15) is 9.90 Å². The first kappa shape index (κ1) is 17.5. The fraction of sp³-hybridized carbons (Fsp3) is 0.350. The summed E-state index contributed by atoms with van der Waals surface area (Å²) in [5.41, 5.74) is 2.94. The molecule has 1 N–H and O–H groups in total. The minimum absolute atomic E-state index is 0.173. The summed E-state index contributed by atoms with van der Waals surface area (Å²) in [5.74, 6) is -0.596. The number of ether oxygens (including phenoxy) is 2. The van der Waals surface area contributed by atoms with Crippen molar-refractivity contribution in [2.45, 2.75) is 19.1 Å². The molecular weight excluding hydrogens is 318 g/mol. The summed E-state index contributed by atoms with van der Waals surface area (Å²) < 4.78 is 10.5. The Kier molecular flexibility index (Phi) is 6.04. The molecular formula is C20H23NO4. The van der Waals surface area contributed by atoms with E-state index in [-0.39, 0.29) is 13.0 Å². The summed E-state index contributed by atoms with van der Waals surface area (Å²) in [7, 11) is 0. The highest BCUT2D eigenvalue weighted by Crippen LogP contribution is 2.17. The van der Waals surface area contributed by atoms with Gasteiger partial charge >= 0.3 is 5.97 Å². The van der Waals surface area contributed by atoms with E-state index in [4.69, 9.17) is 9.47 Å². The Morgan fingerprint density at radius 3 is 2.40 bits per heavy atom. The molecule has 1 heterocycles. The normalized spacial score (nSPS) is 15.6. The van der Waals surface area contributed by atoms with Crippen LogP contribution in [0.25, 0.3) is 0 Å². The molecule has 1 aliphatic heterocycles. The number of morpholine rings is 1. The molecule has 2 aromatic rings. The third kappa shape index (κ3) is 5.05. The maximum atomic E-state index is 11.9. The third-order valence-electron chi connectivity index (χ3n) is 4.24. The van der Waals surface area contributed by atoms with Crippen LogP contribution in [0.5, 0.6) is 0 Å². The van der Waals surface area contributed by atoms with Crippen molar-refractivity contribution in [1.82, 2.24) is 0 Å². The van der Waals surface area contributed by atoms with Crippen LogP contribution in [0, 0.1) is 0 Å². The molecule has 132 valence electrons. The Morgan fingerprint density at radius 1 is 1.04 bits per heavy atom. The van der Waals surface area contributed by atoms with Crippen molar-refractivity contribution in [2.75, 3.05) is 31.2 Å². The Balaban J connectivity index is 1.49. The minimum atomic E-state index is -1.15. The summed E-state index contributed by atoms with van der Waals surface area (Å²) >= 11 is 0. The molecule has 5 heteroatoms. The van der Waals surface area contributed by atoms with Crippen LogP contribution in [0.3, 0.4) is 0 Å². The number of carbonyl (C=O) groups excluding carboxylic acids is 1. The van der Waals surface area contributed by atoms with E-state index in [0.29, 0.717) is 0 Å². The number of hydrogen-bond donors (Lipinski definition) is 1. The van der Waals surface area contributed by atoms with E-state index in [1.807, 2.05) is 54.6 Å². The number of esters is 1. The van der Waals surface area contributed by atoms with Gasteiger partial charge in [-0.25, -0.2) is 4.79 Å². The summed E-state index contributed by atoms with van der Waals surface area (Å²) in [4.78, 5) is 14.2. The maximum Gasteiger partial charge on any atom is 0.335 e. The zero-order valence-corrected chi connectivity index (χ0v) is 14.1. The Bertz CT molecular complexity index is 666. The van der Waals surface area contributed by atoms with Gasteiger partial charge in [-0.3, -0.25) is 0 Å². The van der Waals surface area contributed by atoms with Crippen molar-refractivity contribution in [3.63, 3.8) is 0 Å². The second-order valence-electron chi connectivity index (χ2n) is 6.08. The van der Waals surface area contributed by atoms with Gasteiger partial charge in [0.05, 0.1) is 13.2 Å². The molecule has 0 saturated carbocycles. The van der Waals surface area contributed by atoms with Crippen molar-refractivity contribution >= 4 is 11.7 Å². The summed E-state index contributed by atoms with van der Waals surface area (Å²) in [6, 6.07) is 17.3. The van der Waals surface area contributed by atoms with Gasteiger partial charge in [0.1, 0.15) is 6.61 Å². The van der Waals surface area contributed by atoms with Gasteiger partial charge in [0.2, 0.25) is 0 Å². The number of rotatable bonds is 6. The van der Waals surface area contributed by atoms with Crippen LogP contribution in [0.4, 0.5) is 5.69 Å². The van der Waals surface area contributed by atoms with Crippen LogP contribution >= 0.6 is 0 Å². The molecule has 5 nitrogen and oxygen atoms in total. The highest BCUT2D eigenvalue weighted by molar-refractivity contribution is 5.74. The molecule has 0 aliphatic carbocycles. The quantitative estimate of drug-likeness (QED) is 0.816. The van der Waals surface area contributed by atoms with Gasteiger partial charge in [-0.2, -0.15) is 0 Å². The molecule has 1 fully saturated rings. The number of aliphatic hydroxyl groups excluding tert-OH is 1. The van der Waals surface area contributed by atoms with E-state index < -0.39 is 12.1 Å². The maximum absolute atomic E-state index is 11.9. The minimum Gasteiger partial charge on any atom is -0.459 e. The SMILES string of the molecule is O=C(OCc1ccccc1)C(O)Cc1ccc(N2CCOCC2)cc1. The first-order valence-electron chi connectivity index (χ1n) is 8.52. The Hall–Kier alpha value is -2.37. The van der Waals surface area contributed by atoms with Crippen LogP contribution in [0.15, 0.2) is 54.6 Å². The lowest BCUT2D eigenvalue weighted by Gasteiger charge is -2.29. The predicted molar refractivity (Wildman–Crippen MR) is 95.4 cm³/mol. The van der Waals surface area contributed by atoms with Crippen LogP contribution < -0.4 is 4.90 Å². The molecule has 0 aromatic heterocycles. The van der Waals surface area contributed by atoms with E-state index >= 15 is 0 Å². The average molecular weight is 341 g/mol. The number of benzene rings is 2. The number of hydrogen-bond acceptors (Lipinski definition) is 5. The standard InChI is InChI=1S/C20H23NO4/c22-19(20(23)25-15-17-4-2-1-3-5-17)14-16-6-8-18(9-7-16)21-10-12-24-13-11-21/h1-9,19,22H,10-15H2. The second-order valence-corrected chi connectivity index (χ2v) is 6.08. The van der Waals surface area contributed by atoms with Crippen LogP contribution in [0.2, 0.25) is 0 Å². The van der Waals surface area contributed by atoms with Crippen molar-refractivity contribution in [1.29, 1.82) is 0 Å². The van der Waals surface area contributed by atoms with Crippen molar-refractivity contribution in [2.24, 2.45) is 0 Å². The van der Waals surface area contributed by atoms with E-state index in [2.05, 4.69) is 4.90 Å². The lowest BCUT2D eigenvalue weighted by atomic mass is 10.1. The first-order chi connectivity index (χ1) is 12.2. The zero-order valence-electron chi connectivity index (χ0n) is 14.1.